The van der Waals surface area contributed by atoms with Gasteiger partial charge in [0.1, 0.15) is 0 Å². The maximum atomic E-state index is 10.5. The summed E-state index contributed by atoms with van der Waals surface area (Å²) in [7, 11) is 0. The Hall–Kier alpha value is -1.22. The Morgan fingerprint density at radius 2 is 2.40 bits per heavy atom. The molecule has 0 saturated carbocycles. The van der Waals surface area contributed by atoms with Crippen molar-refractivity contribution in [3.63, 3.8) is 0 Å². The molecule has 3 nitrogen and oxygen atoms in total. The molecule has 0 aliphatic carbocycles. The predicted molar refractivity (Wildman–Crippen MR) is 59.6 cm³/mol. The van der Waals surface area contributed by atoms with E-state index in [-0.39, 0.29) is 12.3 Å². The Labute approximate surface area is 93.1 Å². The molecular weight excluding hydrogens is 214 g/mol. The molecule has 15 heavy (non-hydrogen) atoms. The van der Waals surface area contributed by atoms with E-state index in [2.05, 4.69) is 5.32 Å². The van der Waals surface area contributed by atoms with E-state index < -0.39 is 5.97 Å². The van der Waals surface area contributed by atoms with Crippen LogP contribution in [0.3, 0.4) is 0 Å². The summed E-state index contributed by atoms with van der Waals surface area (Å²) in [4.78, 5) is 10.5. The third kappa shape index (κ3) is 2.23. The number of carboxylic acids is 1. The maximum Gasteiger partial charge on any atom is 0.303 e. The smallest absolute Gasteiger partial charge is 0.303 e. The van der Waals surface area contributed by atoms with Crippen molar-refractivity contribution in [2.24, 2.45) is 0 Å². The monoisotopic (exact) mass is 225 g/mol. The quantitative estimate of drug-likeness (QED) is 0.832. The summed E-state index contributed by atoms with van der Waals surface area (Å²) in [6, 6.07) is 5.70. The maximum absolute atomic E-state index is 10.5. The van der Waals surface area contributed by atoms with Crippen LogP contribution < -0.4 is 5.32 Å². The van der Waals surface area contributed by atoms with E-state index in [0.29, 0.717) is 11.4 Å². The van der Waals surface area contributed by atoms with Crippen LogP contribution in [0.5, 0.6) is 0 Å². The molecule has 1 atom stereocenters. The highest BCUT2D eigenvalue weighted by Gasteiger charge is 2.22. The Bertz CT molecular complexity index is 392. The minimum Gasteiger partial charge on any atom is -0.481 e. The van der Waals surface area contributed by atoms with Crippen LogP contribution in [0, 0.1) is 0 Å². The predicted octanol–water partition coefficient (Wildman–Crippen LogP) is 2.71. The van der Waals surface area contributed by atoms with Gasteiger partial charge in [-0.25, -0.2) is 0 Å². The van der Waals surface area contributed by atoms with Crippen molar-refractivity contribution in [1.29, 1.82) is 0 Å². The zero-order valence-electron chi connectivity index (χ0n) is 8.16. The van der Waals surface area contributed by atoms with E-state index in [0.717, 1.165) is 17.8 Å². The summed E-state index contributed by atoms with van der Waals surface area (Å²) in [6.45, 7) is 0.808. The number of rotatable bonds is 3. The van der Waals surface area contributed by atoms with Crippen molar-refractivity contribution in [3.8, 4) is 0 Å². The fourth-order valence-corrected chi connectivity index (χ4v) is 2.11. The number of nitrogens with one attached hydrogen (secondary N) is 1. The van der Waals surface area contributed by atoms with Crippen LogP contribution in [0.1, 0.15) is 24.3 Å². The first-order valence-electron chi connectivity index (χ1n) is 4.92. The largest absolute Gasteiger partial charge is 0.481 e. The van der Waals surface area contributed by atoms with Gasteiger partial charge in [0, 0.05) is 29.6 Å². The van der Waals surface area contributed by atoms with Crippen molar-refractivity contribution in [1.82, 2.24) is 0 Å². The van der Waals surface area contributed by atoms with Crippen molar-refractivity contribution < 1.29 is 9.90 Å². The molecule has 2 rings (SSSR count). The van der Waals surface area contributed by atoms with Crippen LogP contribution in [-0.2, 0) is 4.79 Å². The molecule has 1 aromatic rings. The lowest BCUT2D eigenvalue weighted by molar-refractivity contribution is -0.137. The number of fused-ring (bicyclic) bond motifs is 1. The van der Waals surface area contributed by atoms with Crippen molar-refractivity contribution in [2.45, 2.75) is 18.8 Å². The van der Waals surface area contributed by atoms with Crippen molar-refractivity contribution in [3.05, 3.63) is 28.8 Å². The van der Waals surface area contributed by atoms with E-state index in [1.807, 2.05) is 18.2 Å². The van der Waals surface area contributed by atoms with Crippen LogP contribution in [0.25, 0.3) is 0 Å². The number of aliphatic carboxylic acids is 1. The number of anilines is 1. The standard InChI is InChI=1S/C11H12ClNO2/c12-8-2-3-10-9(5-8)7(6-13-10)1-4-11(14)15/h2-3,5,7,13H,1,4,6H2,(H,14,15). The molecule has 0 radical (unpaired) electrons. The lowest BCUT2D eigenvalue weighted by Crippen LogP contribution is -2.05. The van der Waals surface area contributed by atoms with E-state index >= 15 is 0 Å². The summed E-state index contributed by atoms with van der Waals surface area (Å²) in [6.07, 6.45) is 0.869. The molecule has 0 saturated heterocycles. The van der Waals surface area contributed by atoms with Gasteiger partial charge in [0.05, 0.1) is 0 Å². The second-order valence-corrected chi connectivity index (χ2v) is 4.18. The number of carboxylic acid groups (broad SMARTS) is 1. The number of benzene rings is 1. The number of hydrogen-bond donors (Lipinski definition) is 2. The molecule has 1 unspecified atom stereocenters. The van der Waals surface area contributed by atoms with Crippen LogP contribution in [0.15, 0.2) is 18.2 Å². The molecule has 1 aliphatic rings. The Morgan fingerprint density at radius 3 is 3.13 bits per heavy atom. The van der Waals surface area contributed by atoms with Gasteiger partial charge in [-0.15, -0.1) is 0 Å². The van der Waals surface area contributed by atoms with Gasteiger partial charge in [0.15, 0.2) is 0 Å². The molecule has 0 bridgehead atoms. The van der Waals surface area contributed by atoms with E-state index in [4.69, 9.17) is 16.7 Å². The first kappa shape index (κ1) is 10.3. The molecule has 80 valence electrons. The summed E-state index contributed by atoms with van der Waals surface area (Å²) in [5, 5.41) is 12.6. The third-order valence-electron chi connectivity index (χ3n) is 2.70. The molecule has 1 aromatic carbocycles. The SMILES string of the molecule is O=C(O)CCC1CNc2ccc(Cl)cc21. The van der Waals surface area contributed by atoms with Gasteiger partial charge in [-0.1, -0.05) is 11.6 Å². The summed E-state index contributed by atoms with van der Waals surface area (Å²) in [5.41, 5.74) is 2.22. The second-order valence-electron chi connectivity index (χ2n) is 3.74. The molecular formula is C11H12ClNO2. The zero-order chi connectivity index (χ0) is 10.8. The highest BCUT2D eigenvalue weighted by Crippen LogP contribution is 2.35. The average Bonchev–Trinajstić information content (AvgIpc) is 2.57. The fraction of sp³-hybridized carbons (Fsp3) is 0.364. The lowest BCUT2D eigenvalue weighted by Gasteiger charge is -2.08. The second kappa shape index (κ2) is 4.11. The third-order valence-corrected chi connectivity index (χ3v) is 2.93. The number of hydrogen-bond acceptors (Lipinski definition) is 2. The van der Waals surface area contributed by atoms with E-state index in [1.165, 1.54) is 0 Å². The highest BCUT2D eigenvalue weighted by atomic mass is 35.5. The minimum absolute atomic E-state index is 0.207. The van der Waals surface area contributed by atoms with Crippen LogP contribution in [-0.4, -0.2) is 17.6 Å². The molecule has 2 N–H and O–H groups in total. The lowest BCUT2D eigenvalue weighted by atomic mass is 9.96. The summed E-state index contributed by atoms with van der Waals surface area (Å²) >= 11 is 5.91. The van der Waals surface area contributed by atoms with Gasteiger partial charge >= 0.3 is 5.97 Å². The molecule has 0 aromatic heterocycles. The van der Waals surface area contributed by atoms with Gasteiger partial charge in [0.2, 0.25) is 0 Å². The highest BCUT2D eigenvalue weighted by molar-refractivity contribution is 6.30. The van der Waals surface area contributed by atoms with Gasteiger partial charge in [-0.3, -0.25) is 4.79 Å². The Kier molecular flexibility index (Phi) is 2.82. The number of carbonyl (C=O) groups is 1. The Morgan fingerprint density at radius 1 is 1.60 bits per heavy atom. The topological polar surface area (TPSA) is 49.3 Å². The van der Waals surface area contributed by atoms with Gasteiger partial charge in [-0.05, 0) is 30.2 Å². The molecule has 4 heteroatoms. The van der Waals surface area contributed by atoms with Crippen molar-refractivity contribution in [2.75, 3.05) is 11.9 Å². The van der Waals surface area contributed by atoms with E-state index in [1.54, 1.807) is 0 Å². The Balaban J connectivity index is 2.13. The number of halogens is 1. The minimum atomic E-state index is -0.745. The van der Waals surface area contributed by atoms with Crippen LogP contribution in [0.2, 0.25) is 5.02 Å². The normalized spacial score (nSPS) is 18.3. The fourth-order valence-electron chi connectivity index (χ4n) is 1.93. The van der Waals surface area contributed by atoms with E-state index in [9.17, 15) is 4.79 Å². The summed E-state index contributed by atoms with van der Waals surface area (Å²) < 4.78 is 0. The molecule has 0 amide bonds. The molecule has 1 heterocycles. The molecule has 1 aliphatic heterocycles. The van der Waals surface area contributed by atoms with Gasteiger partial charge in [0.25, 0.3) is 0 Å². The average molecular weight is 226 g/mol. The van der Waals surface area contributed by atoms with Gasteiger partial charge < -0.3 is 10.4 Å². The first-order valence-corrected chi connectivity index (χ1v) is 5.29. The van der Waals surface area contributed by atoms with Gasteiger partial charge in [-0.2, -0.15) is 0 Å². The molecule has 0 spiro atoms. The first-order chi connectivity index (χ1) is 7.16. The van der Waals surface area contributed by atoms with Crippen LogP contribution in [0.4, 0.5) is 5.69 Å². The molecule has 0 fully saturated rings. The summed E-state index contributed by atoms with van der Waals surface area (Å²) in [5.74, 6) is -0.472. The van der Waals surface area contributed by atoms with Crippen molar-refractivity contribution >= 4 is 23.3 Å². The zero-order valence-corrected chi connectivity index (χ0v) is 8.92. The van der Waals surface area contributed by atoms with Crippen LogP contribution >= 0.6 is 11.6 Å².